The van der Waals surface area contributed by atoms with E-state index in [-0.39, 0.29) is 11.9 Å². The molecular formula is C33H39N9O2. The van der Waals surface area contributed by atoms with Crippen molar-refractivity contribution >= 4 is 28.4 Å². The van der Waals surface area contributed by atoms with Crippen LogP contribution < -0.4 is 10.2 Å². The lowest BCUT2D eigenvalue weighted by molar-refractivity contribution is 0.0448. The van der Waals surface area contributed by atoms with Crippen LogP contribution in [-0.2, 0) is 13.1 Å². The van der Waals surface area contributed by atoms with Gasteiger partial charge in [0.2, 0.25) is 0 Å². The van der Waals surface area contributed by atoms with E-state index in [1.165, 1.54) is 0 Å². The molecule has 1 amide bonds. The number of nitrogens with zero attached hydrogens (tertiary/aromatic N) is 8. The molecule has 11 heteroatoms. The first-order valence-corrected chi connectivity index (χ1v) is 15.4. The third-order valence-corrected chi connectivity index (χ3v) is 9.07. The molecule has 1 saturated heterocycles. The standard InChI is InChI=1S/C33H39N9O2/c1-38-13-15-40(16-14-38)17-18-41-22-26(24-9-6-12-34-31(24)41)28-19-30(39(2)21-23-7-4-3-5-8-23)42-32(36-28)25(20-35-42)33(44)37-27-10-11-29(27)43/h3-9,12,19-20,22,27,29,43H,10-11,13-18,21H2,1-2H3,(H,37,44)/t27?,29-/m0/s1. The van der Waals surface area contributed by atoms with Crippen molar-refractivity contribution in [2.45, 2.75) is 38.1 Å². The Hall–Kier alpha value is -4.32. The number of carbonyl (C=O) groups excluding carboxylic acids is 1. The van der Waals surface area contributed by atoms with Gasteiger partial charge in [0.15, 0.2) is 5.65 Å². The summed E-state index contributed by atoms with van der Waals surface area (Å²) in [7, 11) is 4.20. The fourth-order valence-electron chi connectivity index (χ4n) is 6.17. The van der Waals surface area contributed by atoms with Crippen LogP contribution in [0, 0.1) is 0 Å². The van der Waals surface area contributed by atoms with Gasteiger partial charge in [-0.1, -0.05) is 30.3 Å². The summed E-state index contributed by atoms with van der Waals surface area (Å²) in [4.78, 5) is 30.2. The maximum atomic E-state index is 13.4. The lowest BCUT2D eigenvalue weighted by atomic mass is 9.89. The lowest BCUT2D eigenvalue weighted by Gasteiger charge is -2.32. The molecule has 2 atom stereocenters. The quantitative estimate of drug-likeness (QED) is 0.269. The van der Waals surface area contributed by atoms with E-state index in [2.05, 4.69) is 61.1 Å². The molecule has 2 aliphatic rings. The van der Waals surface area contributed by atoms with Crippen molar-refractivity contribution in [2.24, 2.45) is 0 Å². The number of aromatic nitrogens is 5. The number of hydrogen-bond donors (Lipinski definition) is 2. The molecule has 0 radical (unpaired) electrons. The minimum absolute atomic E-state index is 0.245. The van der Waals surface area contributed by atoms with Gasteiger partial charge in [0.1, 0.15) is 17.0 Å². The molecule has 11 nitrogen and oxygen atoms in total. The van der Waals surface area contributed by atoms with Crippen LogP contribution in [0.3, 0.4) is 0 Å². The largest absolute Gasteiger partial charge is 0.391 e. The van der Waals surface area contributed by atoms with Gasteiger partial charge in [-0.2, -0.15) is 9.61 Å². The molecule has 4 aromatic heterocycles. The SMILES string of the molecule is CN1CCN(CCn2cc(-c3cc(N(C)Cc4ccccc4)n4ncc(C(=O)NC5CC[C@@H]5O)c4n3)c3cccnc32)CC1. The Morgan fingerprint density at radius 1 is 1.05 bits per heavy atom. The van der Waals surface area contributed by atoms with Gasteiger partial charge < -0.3 is 24.8 Å². The number of aliphatic hydroxyl groups excluding tert-OH is 1. The maximum Gasteiger partial charge on any atom is 0.257 e. The lowest BCUT2D eigenvalue weighted by Crippen LogP contribution is -2.50. The van der Waals surface area contributed by atoms with E-state index in [0.29, 0.717) is 24.2 Å². The predicted octanol–water partition coefficient (Wildman–Crippen LogP) is 2.88. The molecule has 5 aromatic rings. The summed E-state index contributed by atoms with van der Waals surface area (Å²) in [5.74, 6) is 0.542. The average molecular weight is 594 g/mol. The normalized spacial score (nSPS) is 19.3. The third kappa shape index (κ3) is 5.54. The molecule has 1 saturated carbocycles. The van der Waals surface area contributed by atoms with E-state index in [0.717, 1.165) is 79.4 Å². The zero-order valence-electron chi connectivity index (χ0n) is 25.3. The van der Waals surface area contributed by atoms with Crippen LogP contribution in [0.25, 0.3) is 27.9 Å². The minimum Gasteiger partial charge on any atom is -0.391 e. The highest BCUT2D eigenvalue weighted by atomic mass is 16.3. The first-order chi connectivity index (χ1) is 21.4. The maximum absolute atomic E-state index is 13.4. The Bertz CT molecular complexity index is 1770. The summed E-state index contributed by atoms with van der Waals surface area (Å²) in [6, 6.07) is 16.1. The Balaban J connectivity index is 1.28. The molecule has 44 heavy (non-hydrogen) atoms. The number of fused-ring (bicyclic) bond motifs is 2. The number of likely N-dealkylation sites (N-methyl/N-ethyl adjacent to an activating group) is 1. The van der Waals surface area contributed by atoms with Crippen LogP contribution in [0.2, 0.25) is 0 Å². The van der Waals surface area contributed by atoms with Crippen LogP contribution in [0.5, 0.6) is 0 Å². The highest BCUT2D eigenvalue weighted by Gasteiger charge is 2.31. The van der Waals surface area contributed by atoms with Crippen LogP contribution >= 0.6 is 0 Å². The average Bonchev–Trinajstić information content (AvgIpc) is 3.64. The number of piperazine rings is 1. The third-order valence-electron chi connectivity index (χ3n) is 9.07. The number of anilines is 1. The number of nitrogens with one attached hydrogen (secondary N) is 1. The molecule has 2 N–H and O–H groups in total. The number of hydrogen-bond acceptors (Lipinski definition) is 8. The van der Waals surface area contributed by atoms with E-state index in [1.807, 2.05) is 43.6 Å². The van der Waals surface area contributed by atoms with Crippen molar-refractivity contribution in [3.8, 4) is 11.3 Å². The van der Waals surface area contributed by atoms with Gasteiger partial charge in [-0.3, -0.25) is 9.69 Å². The fourth-order valence-corrected chi connectivity index (χ4v) is 6.17. The van der Waals surface area contributed by atoms with Gasteiger partial charge in [0.25, 0.3) is 5.91 Å². The molecule has 1 aliphatic carbocycles. The van der Waals surface area contributed by atoms with Crippen molar-refractivity contribution in [2.75, 3.05) is 51.7 Å². The number of amides is 1. The Labute approximate surface area is 256 Å². The van der Waals surface area contributed by atoms with Crippen molar-refractivity contribution in [1.29, 1.82) is 0 Å². The summed E-state index contributed by atoms with van der Waals surface area (Å²) in [6.07, 6.45) is 6.51. The highest BCUT2D eigenvalue weighted by molar-refractivity contribution is 6.01. The fraction of sp³-hybridized carbons (Fsp3) is 0.394. The summed E-state index contributed by atoms with van der Waals surface area (Å²) < 4.78 is 3.97. The zero-order valence-corrected chi connectivity index (χ0v) is 25.3. The Kier molecular flexibility index (Phi) is 7.75. The number of rotatable bonds is 9. The van der Waals surface area contributed by atoms with E-state index in [1.54, 1.807) is 10.7 Å². The molecule has 1 aromatic carbocycles. The molecule has 7 rings (SSSR count). The van der Waals surface area contributed by atoms with Gasteiger partial charge in [0, 0.05) is 82.3 Å². The summed E-state index contributed by atoms with van der Waals surface area (Å²) >= 11 is 0. The van der Waals surface area contributed by atoms with E-state index >= 15 is 0 Å². The number of carbonyl (C=O) groups is 1. The Morgan fingerprint density at radius 2 is 1.86 bits per heavy atom. The molecule has 228 valence electrons. The van der Waals surface area contributed by atoms with E-state index in [4.69, 9.17) is 9.97 Å². The van der Waals surface area contributed by atoms with Crippen LogP contribution in [0.4, 0.5) is 5.82 Å². The van der Waals surface area contributed by atoms with E-state index in [9.17, 15) is 9.90 Å². The van der Waals surface area contributed by atoms with Crippen LogP contribution in [-0.4, -0.2) is 104 Å². The van der Waals surface area contributed by atoms with Crippen molar-refractivity contribution in [3.05, 3.63) is 78.2 Å². The van der Waals surface area contributed by atoms with Crippen molar-refractivity contribution < 1.29 is 9.90 Å². The molecule has 2 fully saturated rings. The molecule has 1 unspecified atom stereocenters. The van der Waals surface area contributed by atoms with Gasteiger partial charge >= 0.3 is 0 Å². The number of aliphatic hydroxyl groups is 1. The monoisotopic (exact) mass is 593 g/mol. The van der Waals surface area contributed by atoms with Crippen molar-refractivity contribution in [3.63, 3.8) is 0 Å². The molecule has 1 aliphatic heterocycles. The van der Waals surface area contributed by atoms with E-state index < -0.39 is 6.10 Å². The Morgan fingerprint density at radius 3 is 2.61 bits per heavy atom. The van der Waals surface area contributed by atoms with Crippen LogP contribution in [0.1, 0.15) is 28.8 Å². The van der Waals surface area contributed by atoms with Crippen LogP contribution in [0.15, 0.2) is 67.1 Å². The summed E-state index contributed by atoms with van der Waals surface area (Å²) in [5, 5.41) is 18.7. The topological polar surface area (TPSA) is 107 Å². The highest BCUT2D eigenvalue weighted by Crippen LogP contribution is 2.32. The molecular weight excluding hydrogens is 554 g/mol. The molecule has 0 bridgehead atoms. The van der Waals surface area contributed by atoms with Gasteiger partial charge in [0.05, 0.1) is 24.0 Å². The van der Waals surface area contributed by atoms with Crippen molar-refractivity contribution in [1.82, 2.24) is 39.3 Å². The second-order valence-electron chi connectivity index (χ2n) is 12.1. The van der Waals surface area contributed by atoms with Gasteiger partial charge in [-0.25, -0.2) is 9.97 Å². The summed E-state index contributed by atoms with van der Waals surface area (Å²) in [5.41, 5.74) is 4.66. The first kappa shape index (κ1) is 28.5. The second kappa shape index (κ2) is 12.0. The smallest absolute Gasteiger partial charge is 0.257 e. The van der Waals surface area contributed by atoms with Gasteiger partial charge in [-0.05, 0) is 37.6 Å². The summed E-state index contributed by atoms with van der Waals surface area (Å²) in [6.45, 7) is 6.73. The molecule has 5 heterocycles. The first-order valence-electron chi connectivity index (χ1n) is 15.4. The van der Waals surface area contributed by atoms with Gasteiger partial charge in [-0.15, -0.1) is 0 Å². The minimum atomic E-state index is -0.513. The second-order valence-corrected chi connectivity index (χ2v) is 12.1. The zero-order chi connectivity index (χ0) is 30.2. The number of benzene rings is 1. The molecule has 0 spiro atoms. The number of pyridine rings is 1. The predicted molar refractivity (Wildman–Crippen MR) is 171 cm³/mol.